The number of carbonyl (C=O) groups is 2. The lowest BCUT2D eigenvalue weighted by atomic mass is 9.98. The summed E-state index contributed by atoms with van der Waals surface area (Å²) in [6, 6.07) is 16.0. The van der Waals surface area contributed by atoms with Crippen LogP contribution in [0.5, 0.6) is 0 Å². The Bertz CT molecular complexity index is 1030. The minimum atomic E-state index is -1.42. The number of amidine groups is 1. The van der Waals surface area contributed by atoms with Crippen molar-refractivity contribution in [1.82, 2.24) is 10.2 Å². The third kappa shape index (κ3) is 3.37. The predicted octanol–water partition coefficient (Wildman–Crippen LogP) is 3.72. The Labute approximate surface area is 168 Å². The van der Waals surface area contributed by atoms with Crippen molar-refractivity contribution in [2.24, 2.45) is 4.99 Å². The molecule has 0 aromatic heterocycles. The fraction of sp³-hybridized carbons (Fsp3) is 0.136. The third-order valence-electron chi connectivity index (χ3n) is 4.68. The van der Waals surface area contributed by atoms with E-state index in [1.807, 2.05) is 31.2 Å². The predicted molar refractivity (Wildman–Crippen MR) is 109 cm³/mol. The highest BCUT2D eigenvalue weighted by molar-refractivity contribution is 6.30. The van der Waals surface area contributed by atoms with E-state index >= 15 is 0 Å². The molecule has 1 unspecified atom stereocenters. The molecule has 5 nitrogen and oxygen atoms in total. The largest absolute Gasteiger partial charge is 0.320 e. The zero-order chi connectivity index (χ0) is 19.7. The van der Waals surface area contributed by atoms with Crippen molar-refractivity contribution in [3.63, 3.8) is 0 Å². The van der Waals surface area contributed by atoms with Crippen LogP contribution in [0, 0.1) is 0 Å². The number of nitrogens with zero attached hydrogens (tertiary/aromatic N) is 2. The molecule has 0 spiro atoms. The SMILES string of the molecule is CC1=CN2C(=O)C(Cc3ccc(Cl)cc3)(NC(=O)c3ccccc3)N=C2C=C1. The van der Waals surface area contributed by atoms with Crippen LogP contribution in [0.1, 0.15) is 22.8 Å². The van der Waals surface area contributed by atoms with Gasteiger partial charge >= 0.3 is 0 Å². The lowest BCUT2D eigenvalue weighted by Gasteiger charge is -2.27. The first kappa shape index (κ1) is 18.2. The molecule has 2 aliphatic rings. The van der Waals surface area contributed by atoms with Gasteiger partial charge in [0, 0.05) is 23.2 Å². The molecule has 28 heavy (non-hydrogen) atoms. The van der Waals surface area contributed by atoms with Crippen LogP contribution in [0.25, 0.3) is 0 Å². The smallest absolute Gasteiger partial charge is 0.281 e. The second-order valence-corrected chi connectivity index (χ2v) is 7.27. The van der Waals surface area contributed by atoms with E-state index in [9.17, 15) is 9.59 Å². The van der Waals surface area contributed by atoms with E-state index in [-0.39, 0.29) is 18.2 Å². The highest BCUT2D eigenvalue weighted by atomic mass is 35.5. The van der Waals surface area contributed by atoms with E-state index in [0.29, 0.717) is 16.4 Å². The molecule has 0 bridgehead atoms. The molecule has 2 aromatic carbocycles. The minimum absolute atomic E-state index is 0.225. The van der Waals surface area contributed by atoms with Crippen molar-refractivity contribution in [2.75, 3.05) is 0 Å². The van der Waals surface area contributed by atoms with Crippen molar-refractivity contribution in [1.29, 1.82) is 0 Å². The fourth-order valence-corrected chi connectivity index (χ4v) is 3.41. The summed E-state index contributed by atoms with van der Waals surface area (Å²) in [5.74, 6) is -0.125. The number of carbonyl (C=O) groups excluding carboxylic acids is 2. The van der Waals surface area contributed by atoms with E-state index in [2.05, 4.69) is 10.3 Å². The van der Waals surface area contributed by atoms with Crippen molar-refractivity contribution in [3.05, 3.63) is 94.7 Å². The van der Waals surface area contributed by atoms with Gasteiger partial charge in [0.2, 0.25) is 5.66 Å². The average Bonchev–Trinajstić information content (AvgIpc) is 2.96. The van der Waals surface area contributed by atoms with E-state index in [1.165, 1.54) is 4.90 Å². The molecule has 2 heterocycles. The lowest BCUT2D eigenvalue weighted by Crippen LogP contribution is -2.55. The molecule has 0 saturated heterocycles. The molecule has 6 heteroatoms. The molecule has 0 fully saturated rings. The number of aliphatic imine (C=N–C) groups is 1. The molecule has 1 N–H and O–H groups in total. The van der Waals surface area contributed by atoms with Crippen LogP contribution in [-0.4, -0.2) is 28.2 Å². The summed E-state index contributed by atoms with van der Waals surface area (Å²) in [6.45, 7) is 1.91. The summed E-state index contributed by atoms with van der Waals surface area (Å²) in [7, 11) is 0. The van der Waals surface area contributed by atoms with Gasteiger partial charge in [-0.25, -0.2) is 4.99 Å². The van der Waals surface area contributed by atoms with Crippen LogP contribution in [0.2, 0.25) is 5.02 Å². The summed E-state index contributed by atoms with van der Waals surface area (Å²) in [6.07, 6.45) is 5.63. The molecule has 2 amide bonds. The molecule has 1 atom stereocenters. The molecule has 4 rings (SSSR count). The van der Waals surface area contributed by atoms with Crippen molar-refractivity contribution < 1.29 is 9.59 Å². The molecule has 0 aliphatic carbocycles. The number of nitrogens with one attached hydrogen (secondary N) is 1. The van der Waals surface area contributed by atoms with Gasteiger partial charge < -0.3 is 5.32 Å². The van der Waals surface area contributed by atoms with Crippen LogP contribution in [0.4, 0.5) is 0 Å². The van der Waals surface area contributed by atoms with Gasteiger partial charge in [-0.1, -0.05) is 48.0 Å². The normalized spacial score (nSPS) is 20.5. The molecule has 0 saturated carbocycles. The third-order valence-corrected chi connectivity index (χ3v) is 4.93. The summed E-state index contributed by atoms with van der Waals surface area (Å²) in [4.78, 5) is 32.3. The lowest BCUT2D eigenvalue weighted by molar-refractivity contribution is -0.130. The van der Waals surface area contributed by atoms with Crippen LogP contribution in [0.15, 0.2) is 83.5 Å². The minimum Gasteiger partial charge on any atom is -0.320 e. The Morgan fingerprint density at radius 3 is 2.54 bits per heavy atom. The van der Waals surface area contributed by atoms with E-state index < -0.39 is 5.66 Å². The Morgan fingerprint density at radius 2 is 1.82 bits per heavy atom. The zero-order valence-corrected chi connectivity index (χ0v) is 16.0. The standard InChI is InChI=1S/C22H18ClN3O2/c1-15-7-12-19-24-22(21(28)26(19)14-15,13-16-8-10-18(23)11-9-16)25-20(27)17-5-3-2-4-6-17/h2-12,14H,13H2,1H3,(H,25,27). The number of hydrogen-bond acceptors (Lipinski definition) is 3. The number of hydrogen-bond donors (Lipinski definition) is 1. The molecule has 2 aromatic rings. The van der Waals surface area contributed by atoms with E-state index in [0.717, 1.165) is 11.1 Å². The number of fused-ring (bicyclic) bond motifs is 1. The second kappa shape index (κ2) is 7.09. The number of halogens is 1. The Morgan fingerprint density at radius 1 is 1.11 bits per heavy atom. The van der Waals surface area contributed by atoms with Crippen LogP contribution < -0.4 is 5.32 Å². The maximum Gasteiger partial charge on any atom is 0.281 e. The van der Waals surface area contributed by atoms with Gasteiger partial charge in [-0.3, -0.25) is 14.5 Å². The summed E-state index contributed by atoms with van der Waals surface area (Å²) >= 11 is 5.98. The van der Waals surface area contributed by atoms with Gasteiger partial charge in [0.05, 0.1) is 0 Å². The zero-order valence-electron chi connectivity index (χ0n) is 15.2. The van der Waals surface area contributed by atoms with Crippen LogP contribution in [-0.2, 0) is 11.2 Å². The highest BCUT2D eigenvalue weighted by Crippen LogP contribution is 2.29. The van der Waals surface area contributed by atoms with Crippen LogP contribution >= 0.6 is 11.6 Å². The number of allylic oxidation sites excluding steroid dienone is 2. The fourth-order valence-electron chi connectivity index (χ4n) is 3.28. The Hall–Kier alpha value is -3.18. The summed E-state index contributed by atoms with van der Waals surface area (Å²) < 4.78 is 0. The van der Waals surface area contributed by atoms with Crippen molar-refractivity contribution in [3.8, 4) is 0 Å². The molecule has 0 radical (unpaired) electrons. The molecular formula is C22H18ClN3O2. The molecule has 2 aliphatic heterocycles. The quantitative estimate of drug-likeness (QED) is 0.863. The topological polar surface area (TPSA) is 61.8 Å². The number of benzene rings is 2. The van der Waals surface area contributed by atoms with Crippen molar-refractivity contribution in [2.45, 2.75) is 19.0 Å². The first-order chi connectivity index (χ1) is 13.5. The van der Waals surface area contributed by atoms with Gasteiger partial charge in [0.1, 0.15) is 5.84 Å². The van der Waals surface area contributed by atoms with Crippen LogP contribution in [0.3, 0.4) is 0 Å². The van der Waals surface area contributed by atoms with E-state index in [4.69, 9.17) is 11.6 Å². The first-order valence-electron chi connectivity index (χ1n) is 8.89. The summed E-state index contributed by atoms with van der Waals surface area (Å²) in [5, 5.41) is 3.48. The highest BCUT2D eigenvalue weighted by Gasteiger charge is 2.49. The van der Waals surface area contributed by atoms with Crippen molar-refractivity contribution >= 4 is 29.3 Å². The molecular weight excluding hydrogens is 374 g/mol. The maximum absolute atomic E-state index is 13.3. The van der Waals surface area contributed by atoms with Gasteiger partial charge in [-0.15, -0.1) is 0 Å². The average molecular weight is 392 g/mol. The Kier molecular flexibility index (Phi) is 4.61. The summed E-state index contributed by atoms with van der Waals surface area (Å²) in [5.41, 5.74) is 0.837. The first-order valence-corrected chi connectivity index (χ1v) is 9.27. The number of amides is 2. The molecule has 140 valence electrons. The monoisotopic (exact) mass is 391 g/mol. The Balaban J connectivity index is 1.72. The van der Waals surface area contributed by atoms with E-state index in [1.54, 1.807) is 48.7 Å². The van der Waals surface area contributed by atoms with Gasteiger partial charge in [-0.2, -0.15) is 0 Å². The number of rotatable bonds is 4. The second-order valence-electron chi connectivity index (χ2n) is 6.84. The van der Waals surface area contributed by atoms with Gasteiger partial charge in [-0.05, 0) is 48.4 Å². The van der Waals surface area contributed by atoms with Gasteiger partial charge in [0.15, 0.2) is 0 Å². The van der Waals surface area contributed by atoms with Gasteiger partial charge in [0.25, 0.3) is 11.8 Å². The maximum atomic E-state index is 13.3.